The number of halogens is 1. The standard InChI is InChI=1S/C23H29FN2O4S/c1-17-4-3-5-22(18(17)2)30-15-12-25-23(27)20-10-13-26(14-11-20)31(28,29)16-19-6-8-21(24)9-7-19/h3-9,20H,10-16H2,1-2H3,(H,25,27). The molecule has 1 aliphatic heterocycles. The van der Waals surface area contributed by atoms with Crippen molar-refractivity contribution in [2.75, 3.05) is 26.2 Å². The van der Waals surface area contributed by atoms with Crippen LogP contribution in [0.25, 0.3) is 0 Å². The van der Waals surface area contributed by atoms with Gasteiger partial charge in [0.25, 0.3) is 0 Å². The molecule has 3 rings (SSSR count). The minimum absolute atomic E-state index is 0.0693. The molecule has 0 spiro atoms. The Morgan fingerprint density at radius 2 is 1.81 bits per heavy atom. The molecule has 0 atom stereocenters. The Hall–Kier alpha value is -2.45. The van der Waals surface area contributed by atoms with Gasteiger partial charge in [-0.3, -0.25) is 4.79 Å². The third kappa shape index (κ3) is 6.27. The normalized spacial score (nSPS) is 15.6. The highest BCUT2D eigenvalue weighted by Gasteiger charge is 2.31. The van der Waals surface area contributed by atoms with Crippen LogP contribution in [0.2, 0.25) is 0 Å². The van der Waals surface area contributed by atoms with Crippen LogP contribution in [-0.2, 0) is 20.6 Å². The minimum Gasteiger partial charge on any atom is -0.491 e. The first-order valence-electron chi connectivity index (χ1n) is 10.5. The van der Waals surface area contributed by atoms with Crippen molar-refractivity contribution in [3.05, 3.63) is 65.0 Å². The molecule has 0 aliphatic carbocycles. The number of piperidine rings is 1. The van der Waals surface area contributed by atoms with Crippen LogP contribution in [0.5, 0.6) is 5.75 Å². The zero-order valence-corrected chi connectivity index (χ0v) is 18.8. The molecule has 1 aliphatic rings. The lowest BCUT2D eigenvalue weighted by Crippen LogP contribution is -2.43. The first-order valence-corrected chi connectivity index (χ1v) is 12.1. The summed E-state index contributed by atoms with van der Waals surface area (Å²) in [5.41, 5.74) is 2.79. The average Bonchev–Trinajstić information content (AvgIpc) is 2.75. The van der Waals surface area contributed by atoms with Crippen molar-refractivity contribution in [1.29, 1.82) is 0 Å². The van der Waals surface area contributed by atoms with Crippen molar-refractivity contribution >= 4 is 15.9 Å². The second-order valence-corrected chi connectivity index (χ2v) is 9.86. The summed E-state index contributed by atoms with van der Waals surface area (Å²) in [6.07, 6.45) is 0.957. The molecule has 0 bridgehead atoms. The topological polar surface area (TPSA) is 75.7 Å². The molecule has 2 aromatic rings. The van der Waals surface area contributed by atoms with Gasteiger partial charge in [-0.15, -0.1) is 0 Å². The molecular formula is C23H29FN2O4S. The van der Waals surface area contributed by atoms with Crippen LogP contribution in [0.15, 0.2) is 42.5 Å². The second-order valence-electron chi connectivity index (χ2n) is 7.89. The smallest absolute Gasteiger partial charge is 0.223 e. The fourth-order valence-electron chi connectivity index (χ4n) is 3.64. The summed E-state index contributed by atoms with van der Waals surface area (Å²) >= 11 is 0. The van der Waals surface area contributed by atoms with Gasteiger partial charge in [-0.05, 0) is 61.6 Å². The molecular weight excluding hydrogens is 419 g/mol. The van der Waals surface area contributed by atoms with Crippen molar-refractivity contribution in [3.63, 3.8) is 0 Å². The number of ether oxygens (including phenoxy) is 1. The summed E-state index contributed by atoms with van der Waals surface area (Å²) in [5, 5.41) is 2.89. The SMILES string of the molecule is Cc1cccc(OCCNC(=O)C2CCN(S(=O)(=O)Cc3ccc(F)cc3)CC2)c1C. The Bertz CT molecular complexity index is 1000. The molecule has 1 saturated heterocycles. The predicted octanol–water partition coefficient (Wildman–Crippen LogP) is 3.18. The molecule has 1 heterocycles. The molecule has 2 aromatic carbocycles. The Morgan fingerprint density at radius 1 is 1.13 bits per heavy atom. The molecule has 0 radical (unpaired) electrons. The van der Waals surface area contributed by atoms with Gasteiger partial charge in [0.2, 0.25) is 15.9 Å². The number of amides is 1. The van der Waals surface area contributed by atoms with Gasteiger partial charge in [-0.25, -0.2) is 17.1 Å². The number of aryl methyl sites for hydroxylation is 1. The summed E-state index contributed by atoms with van der Waals surface area (Å²) < 4.78 is 45.5. The predicted molar refractivity (Wildman–Crippen MR) is 118 cm³/mol. The van der Waals surface area contributed by atoms with E-state index in [1.807, 2.05) is 32.0 Å². The van der Waals surface area contributed by atoms with Gasteiger partial charge >= 0.3 is 0 Å². The Balaban J connectivity index is 1.42. The van der Waals surface area contributed by atoms with Gasteiger partial charge < -0.3 is 10.1 Å². The van der Waals surface area contributed by atoms with Crippen molar-refractivity contribution in [3.8, 4) is 5.75 Å². The van der Waals surface area contributed by atoms with Crippen LogP contribution >= 0.6 is 0 Å². The number of carbonyl (C=O) groups excluding carboxylic acids is 1. The van der Waals surface area contributed by atoms with Crippen molar-refractivity contribution < 1.29 is 22.3 Å². The second kappa shape index (κ2) is 10.2. The van der Waals surface area contributed by atoms with Gasteiger partial charge in [-0.2, -0.15) is 0 Å². The molecule has 0 saturated carbocycles. The van der Waals surface area contributed by atoms with E-state index in [1.165, 1.54) is 28.6 Å². The van der Waals surface area contributed by atoms with Crippen LogP contribution in [0.3, 0.4) is 0 Å². The third-order valence-electron chi connectivity index (χ3n) is 5.69. The minimum atomic E-state index is -3.50. The van der Waals surface area contributed by atoms with Crippen LogP contribution in [-0.4, -0.2) is 44.9 Å². The van der Waals surface area contributed by atoms with E-state index in [9.17, 15) is 17.6 Å². The van der Waals surface area contributed by atoms with Gasteiger partial charge in [0.1, 0.15) is 18.2 Å². The van der Waals surface area contributed by atoms with E-state index in [-0.39, 0.29) is 17.6 Å². The summed E-state index contributed by atoms with van der Waals surface area (Å²) in [6, 6.07) is 11.3. The average molecular weight is 449 g/mol. The van der Waals surface area contributed by atoms with E-state index in [0.29, 0.717) is 44.6 Å². The monoisotopic (exact) mass is 448 g/mol. The Morgan fingerprint density at radius 3 is 2.48 bits per heavy atom. The van der Waals surface area contributed by atoms with Crippen LogP contribution < -0.4 is 10.1 Å². The zero-order valence-electron chi connectivity index (χ0n) is 17.9. The Labute approximate surface area is 183 Å². The van der Waals surface area contributed by atoms with Gasteiger partial charge in [-0.1, -0.05) is 24.3 Å². The van der Waals surface area contributed by atoms with Crippen molar-refractivity contribution in [1.82, 2.24) is 9.62 Å². The van der Waals surface area contributed by atoms with Crippen LogP contribution in [0.4, 0.5) is 4.39 Å². The summed E-state index contributed by atoms with van der Waals surface area (Å²) in [7, 11) is -3.50. The van der Waals surface area contributed by atoms with E-state index >= 15 is 0 Å². The number of benzene rings is 2. The van der Waals surface area contributed by atoms with E-state index in [0.717, 1.165) is 16.9 Å². The zero-order chi connectivity index (χ0) is 22.4. The molecule has 168 valence electrons. The summed E-state index contributed by atoms with van der Waals surface area (Å²) in [4.78, 5) is 12.4. The number of carbonyl (C=O) groups is 1. The maximum absolute atomic E-state index is 13.0. The molecule has 1 amide bonds. The van der Waals surface area contributed by atoms with Crippen LogP contribution in [0.1, 0.15) is 29.5 Å². The number of hydrogen-bond donors (Lipinski definition) is 1. The summed E-state index contributed by atoms with van der Waals surface area (Å²) in [6.45, 7) is 5.41. The third-order valence-corrected chi connectivity index (χ3v) is 7.54. The first kappa shape index (κ1) is 23.2. The lowest BCUT2D eigenvalue weighted by molar-refractivity contribution is -0.126. The number of rotatable bonds is 8. The van der Waals surface area contributed by atoms with Crippen molar-refractivity contribution in [2.45, 2.75) is 32.4 Å². The maximum atomic E-state index is 13.0. The fourth-order valence-corrected chi connectivity index (χ4v) is 5.20. The van der Waals surface area contributed by atoms with Gasteiger partial charge in [0, 0.05) is 19.0 Å². The quantitative estimate of drug-likeness (QED) is 0.630. The fraction of sp³-hybridized carbons (Fsp3) is 0.435. The maximum Gasteiger partial charge on any atom is 0.223 e. The van der Waals surface area contributed by atoms with E-state index in [1.54, 1.807) is 0 Å². The lowest BCUT2D eigenvalue weighted by Gasteiger charge is -2.30. The highest BCUT2D eigenvalue weighted by Crippen LogP contribution is 2.22. The lowest BCUT2D eigenvalue weighted by atomic mass is 9.97. The summed E-state index contributed by atoms with van der Waals surface area (Å²) in [5.74, 6) is -0.0284. The van der Waals surface area contributed by atoms with Gasteiger partial charge in [0.05, 0.1) is 12.3 Å². The largest absolute Gasteiger partial charge is 0.491 e. The van der Waals surface area contributed by atoms with Crippen LogP contribution in [0, 0.1) is 25.6 Å². The van der Waals surface area contributed by atoms with Crippen molar-refractivity contribution in [2.24, 2.45) is 5.92 Å². The number of nitrogens with one attached hydrogen (secondary N) is 1. The molecule has 8 heteroatoms. The molecule has 31 heavy (non-hydrogen) atoms. The molecule has 0 aromatic heterocycles. The van der Waals surface area contributed by atoms with E-state index in [4.69, 9.17) is 4.74 Å². The molecule has 1 fully saturated rings. The van der Waals surface area contributed by atoms with E-state index in [2.05, 4.69) is 5.32 Å². The molecule has 0 unspecified atom stereocenters. The first-order chi connectivity index (χ1) is 14.8. The molecule has 6 nitrogen and oxygen atoms in total. The number of hydrogen-bond acceptors (Lipinski definition) is 4. The number of nitrogens with zero attached hydrogens (tertiary/aromatic N) is 1. The molecule has 1 N–H and O–H groups in total. The van der Waals surface area contributed by atoms with Gasteiger partial charge in [0.15, 0.2) is 0 Å². The Kier molecular flexibility index (Phi) is 7.67. The highest BCUT2D eigenvalue weighted by atomic mass is 32.2. The highest BCUT2D eigenvalue weighted by molar-refractivity contribution is 7.88. The number of sulfonamides is 1. The van der Waals surface area contributed by atoms with E-state index < -0.39 is 15.8 Å².